The second kappa shape index (κ2) is 5.93. The summed E-state index contributed by atoms with van der Waals surface area (Å²) >= 11 is 1.72. The highest BCUT2D eigenvalue weighted by Gasteiger charge is 2.10. The molecule has 2 heterocycles. The quantitative estimate of drug-likeness (QED) is 0.897. The van der Waals surface area contributed by atoms with Gasteiger partial charge in [-0.1, -0.05) is 0 Å². The summed E-state index contributed by atoms with van der Waals surface area (Å²) in [4.78, 5) is 11.0. The summed E-state index contributed by atoms with van der Waals surface area (Å²) in [5.74, 6) is 1.81. The minimum absolute atomic E-state index is 0.781. The number of aromatic nitrogens is 2. The fraction of sp³-hybridized carbons (Fsp3) is 0.385. The van der Waals surface area contributed by atoms with Gasteiger partial charge in [0.2, 0.25) is 0 Å². The lowest BCUT2D eigenvalue weighted by Gasteiger charge is -2.20. The molecule has 1 N–H and O–H groups in total. The Labute approximate surface area is 112 Å². The van der Waals surface area contributed by atoms with Crippen LogP contribution >= 0.6 is 11.3 Å². The van der Waals surface area contributed by atoms with E-state index in [0.29, 0.717) is 0 Å². The van der Waals surface area contributed by atoms with E-state index in [1.165, 1.54) is 5.56 Å². The van der Waals surface area contributed by atoms with Crippen molar-refractivity contribution in [3.8, 4) is 0 Å². The number of hydrogen-bond donors (Lipinski definition) is 1. The van der Waals surface area contributed by atoms with Crippen molar-refractivity contribution < 1.29 is 0 Å². The molecule has 2 aromatic heterocycles. The predicted molar refractivity (Wildman–Crippen MR) is 76.0 cm³/mol. The molecule has 0 atom stereocenters. The van der Waals surface area contributed by atoms with Crippen LogP contribution in [0.5, 0.6) is 0 Å². The predicted octanol–water partition coefficient (Wildman–Crippen LogP) is 2.20. The van der Waals surface area contributed by atoms with Crippen LogP contribution < -0.4 is 10.2 Å². The molecule has 0 bridgehead atoms. The summed E-state index contributed by atoms with van der Waals surface area (Å²) in [6, 6.07) is 2.15. The van der Waals surface area contributed by atoms with Gasteiger partial charge in [0.25, 0.3) is 0 Å². The first-order valence-corrected chi connectivity index (χ1v) is 6.84. The van der Waals surface area contributed by atoms with E-state index in [1.54, 1.807) is 11.3 Å². The summed E-state index contributed by atoms with van der Waals surface area (Å²) in [5, 5.41) is 7.42. The van der Waals surface area contributed by atoms with Crippen LogP contribution in [0.15, 0.2) is 23.0 Å². The number of aryl methyl sites for hydroxylation is 1. The standard InChI is InChI=1S/C13H18N4S/c1-10-15-7-12(6-14-2)13(16-10)17(3)8-11-4-5-18-9-11/h4-5,7,9,14H,6,8H2,1-3H3. The third-order valence-corrected chi connectivity index (χ3v) is 3.42. The van der Waals surface area contributed by atoms with E-state index in [4.69, 9.17) is 0 Å². The molecule has 4 nitrogen and oxygen atoms in total. The Balaban J connectivity index is 2.22. The molecule has 2 rings (SSSR count). The third kappa shape index (κ3) is 3.05. The minimum Gasteiger partial charge on any atom is -0.355 e. The lowest BCUT2D eigenvalue weighted by Crippen LogP contribution is -2.21. The minimum atomic E-state index is 0.781. The average Bonchev–Trinajstić information content (AvgIpc) is 2.84. The molecule has 0 saturated carbocycles. The first kappa shape index (κ1) is 13.0. The zero-order chi connectivity index (χ0) is 13.0. The van der Waals surface area contributed by atoms with Crippen LogP contribution in [0.4, 0.5) is 5.82 Å². The lowest BCUT2D eigenvalue weighted by atomic mass is 10.2. The highest BCUT2D eigenvalue weighted by Crippen LogP contribution is 2.19. The molecular weight excluding hydrogens is 244 g/mol. The molecule has 18 heavy (non-hydrogen) atoms. The van der Waals surface area contributed by atoms with Crippen LogP contribution in [-0.4, -0.2) is 24.1 Å². The lowest BCUT2D eigenvalue weighted by molar-refractivity contribution is 0.782. The Hall–Kier alpha value is -1.46. The second-order valence-electron chi connectivity index (χ2n) is 4.28. The van der Waals surface area contributed by atoms with Gasteiger partial charge in [-0.2, -0.15) is 11.3 Å². The van der Waals surface area contributed by atoms with Crippen molar-refractivity contribution in [3.63, 3.8) is 0 Å². The Morgan fingerprint density at radius 3 is 2.94 bits per heavy atom. The van der Waals surface area contributed by atoms with Gasteiger partial charge >= 0.3 is 0 Å². The fourth-order valence-electron chi connectivity index (χ4n) is 1.86. The number of anilines is 1. The monoisotopic (exact) mass is 262 g/mol. The number of nitrogens with one attached hydrogen (secondary N) is 1. The molecule has 0 radical (unpaired) electrons. The number of hydrogen-bond acceptors (Lipinski definition) is 5. The molecule has 0 aliphatic heterocycles. The molecular formula is C13H18N4S. The molecule has 0 aromatic carbocycles. The van der Waals surface area contributed by atoms with Gasteiger partial charge in [-0.05, 0) is 36.4 Å². The summed E-state index contributed by atoms with van der Waals surface area (Å²) in [6.07, 6.45) is 1.90. The van der Waals surface area contributed by atoms with E-state index >= 15 is 0 Å². The van der Waals surface area contributed by atoms with E-state index in [9.17, 15) is 0 Å². The van der Waals surface area contributed by atoms with Gasteiger partial charge in [-0.15, -0.1) is 0 Å². The molecule has 0 aliphatic carbocycles. The van der Waals surface area contributed by atoms with E-state index in [2.05, 4.69) is 44.1 Å². The van der Waals surface area contributed by atoms with E-state index in [0.717, 1.165) is 30.3 Å². The number of rotatable bonds is 5. The maximum absolute atomic E-state index is 4.55. The molecule has 96 valence electrons. The Bertz CT molecular complexity index is 496. The van der Waals surface area contributed by atoms with Crippen LogP contribution in [0.1, 0.15) is 17.0 Å². The fourth-order valence-corrected chi connectivity index (χ4v) is 2.52. The van der Waals surface area contributed by atoms with Crippen LogP contribution in [0.3, 0.4) is 0 Å². The van der Waals surface area contributed by atoms with E-state index in [1.807, 2.05) is 20.2 Å². The summed E-state index contributed by atoms with van der Waals surface area (Å²) in [5.41, 5.74) is 2.44. The number of thiophene rings is 1. The van der Waals surface area contributed by atoms with Crippen molar-refractivity contribution in [2.75, 3.05) is 19.0 Å². The summed E-state index contributed by atoms with van der Waals surface area (Å²) in [7, 11) is 4.00. The van der Waals surface area contributed by atoms with Gasteiger partial charge in [0, 0.05) is 31.9 Å². The summed E-state index contributed by atoms with van der Waals surface area (Å²) < 4.78 is 0. The van der Waals surface area contributed by atoms with Crippen molar-refractivity contribution >= 4 is 17.2 Å². The smallest absolute Gasteiger partial charge is 0.136 e. The molecule has 0 unspecified atom stereocenters. The molecule has 5 heteroatoms. The van der Waals surface area contributed by atoms with Crippen molar-refractivity contribution in [1.29, 1.82) is 0 Å². The second-order valence-corrected chi connectivity index (χ2v) is 5.06. The molecule has 0 fully saturated rings. The van der Waals surface area contributed by atoms with E-state index < -0.39 is 0 Å². The highest BCUT2D eigenvalue weighted by atomic mass is 32.1. The van der Waals surface area contributed by atoms with Crippen LogP contribution in [0.25, 0.3) is 0 Å². The van der Waals surface area contributed by atoms with Crippen molar-refractivity contribution in [2.45, 2.75) is 20.0 Å². The van der Waals surface area contributed by atoms with Crippen LogP contribution in [-0.2, 0) is 13.1 Å². The first-order chi connectivity index (χ1) is 8.70. The third-order valence-electron chi connectivity index (χ3n) is 2.69. The van der Waals surface area contributed by atoms with Gasteiger partial charge in [-0.25, -0.2) is 9.97 Å². The van der Waals surface area contributed by atoms with Gasteiger partial charge in [0.15, 0.2) is 0 Å². The SMILES string of the molecule is CNCc1cnc(C)nc1N(C)Cc1ccsc1. The van der Waals surface area contributed by atoms with Crippen LogP contribution in [0, 0.1) is 6.92 Å². The highest BCUT2D eigenvalue weighted by molar-refractivity contribution is 7.07. The average molecular weight is 262 g/mol. The van der Waals surface area contributed by atoms with Crippen LogP contribution in [0.2, 0.25) is 0 Å². The first-order valence-electron chi connectivity index (χ1n) is 5.90. The molecule has 0 aliphatic rings. The Morgan fingerprint density at radius 2 is 2.28 bits per heavy atom. The van der Waals surface area contributed by atoms with Gasteiger partial charge in [0.1, 0.15) is 11.6 Å². The van der Waals surface area contributed by atoms with Gasteiger partial charge in [0.05, 0.1) is 0 Å². The zero-order valence-electron chi connectivity index (χ0n) is 11.0. The van der Waals surface area contributed by atoms with Crippen molar-refractivity contribution in [3.05, 3.63) is 40.0 Å². The van der Waals surface area contributed by atoms with Crippen molar-refractivity contribution in [2.24, 2.45) is 0 Å². The molecule has 0 amide bonds. The maximum atomic E-state index is 4.55. The van der Waals surface area contributed by atoms with Crippen molar-refractivity contribution in [1.82, 2.24) is 15.3 Å². The number of nitrogens with zero attached hydrogens (tertiary/aromatic N) is 3. The molecule has 0 spiro atoms. The normalized spacial score (nSPS) is 10.6. The Morgan fingerprint density at radius 1 is 1.44 bits per heavy atom. The zero-order valence-corrected chi connectivity index (χ0v) is 11.8. The van der Waals surface area contributed by atoms with E-state index in [-0.39, 0.29) is 0 Å². The maximum Gasteiger partial charge on any atom is 0.136 e. The van der Waals surface area contributed by atoms with Gasteiger partial charge < -0.3 is 10.2 Å². The molecule has 2 aromatic rings. The topological polar surface area (TPSA) is 41.1 Å². The largest absolute Gasteiger partial charge is 0.355 e. The summed E-state index contributed by atoms with van der Waals surface area (Å²) in [6.45, 7) is 3.57. The van der Waals surface area contributed by atoms with Gasteiger partial charge in [-0.3, -0.25) is 0 Å². The Kier molecular flexibility index (Phi) is 4.28. The molecule has 0 saturated heterocycles.